The van der Waals surface area contributed by atoms with Gasteiger partial charge < -0.3 is 15.3 Å². The Kier molecular flexibility index (Phi) is 2.90. The van der Waals surface area contributed by atoms with Gasteiger partial charge in [0.2, 0.25) is 5.95 Å². The molecular weight excluding hydrogens is 352 g/mol. The third kappa shape index (κ3) is 2.28. The monoisotopic (exact) mass is 360 g/mol. The fraction of sp³-hybridized carbons (Fsp3) is 0. The predicted octanol–water partition coefficient (Wildman–Crippen LogP) is 5.20. The summed E-state index contributed by atoms with van der Waals surface area (Å²) in [7, 11) is 0. The zero-order chi connectivity index (χ0) is 14.4. The summed E-state index contributed by atoms with van der Waals surface area (Å²) in [4.78, 5) is 11.0. The lowest BCUT2D eigenvalue weighted by Gasteiger charge is -2.00. The number of rotatable bonds is 2. The second-order valence-corrected chi connectivity index (χ2v) is 6.12. The van der Waals surface area contributed by atoms with Crippen molar-refractivity contribution in [1.29, 1.82) is 0 Å². The van der Waals surface area contributed by atoms with E-state index in [1.54, 1.807) is 0 Å². The van der Waals surface area contributed by atoms with Gasteiger partial charge >= 0.3 is 0 Å². The molecule has 0 radical (unpaired) electrons. The standard InChI is InChI=1S/C15H10BrClN4/c16-8-1-3-11-10(5-8)14(7-18-11)21-15-19-12-4-2-9(17)6-13(12)20-15/h1-7,18H,(H2,19,20,21). The average molecular weight is 362 g/mol. The first-order valence-electron chi connectivity index (χ1n) is 6.38. The van der Waals surface area contributed by atoms with Gasteiger partial charge in [-0.1, -0.05) is 27.5 Å². The van der Waals surface area contributed by atoms with Gasteiger partial charge in [0.05, 0.1) is 16.7 Å². The summed E-state index contributed by atoms with van der Waals surface area (Å²) in [5.74, 6) is 0.688. The van der Waals surface area contributed by atoms with Crippen LogP contribution in [-0.4, -0.2) is 15.0 Å². The van der Waals surface area contributed by atoms with E-state index in [1.165, 1.54) is 0 Å². The number of fused-ring (bicyclic) bond motifs is 2. The van der Waals surface area contributed by atoms with Crippen LogP contribution in [0.3, 0.4) is 0 Å². The molecule has 6 heteroatoms. The van der Waals surface area contributed by atoms with Crippen molar-refractivity contribution in [2.24, 2.45) is 0 Å². The van der Waals surface area contributed by atoms with Crippen LogP contribution in [0.4, 0.5) is 11.6 Å². The minimum absolute atomic E-state index is 0.688. The maximum Gasteiger partial charge on any atom is 0.205 e. The lowest BCUT2D eigenvalue weighted by molar-refractivity contribution is 1.31. The van der Waals surface area contributed by atoms with Crippen LogP contribution in [0.15, 0.2) is 47.1 Å². The van der Waals surface area contributed by atoms with E-state index in [-0.39, 0.29) is 0 Å². The van der Waals surface area contributed by atoms with Gasteiger partial charge in [0.1, 0.15) is 0 Å². The molecule has 0 spiro atoms. The Bertz CT molecular complexity index is 957. The second kappa shape index (κ2) is 4.79. The molecule has 0 amide bonds. The number of hydrogen-bond acceptors (Lipinski definition) is 2. The number of imidazole rings is 1. The molecule has 2 heterocycles. The van der Waals surface area contributed by atoms with Crippen molar-refractivity contribution in [3.63, 3.8) is 0 Å². The summed E-state index contributed by atoms with van der Waals surface area (Å²) in [6, 6.07) is 11.7. The van der Waals surface area contributed by atoms with Gasteiger partial charge in [-0.3, -0.25) is 0 Å². The Morgan fingerprint density at radius 1 is 1.10 bits per heavy atom. The van der Waals surface area contributed by atoms with Gasteiger partial charge in [0, 0.05) is 26.6 Å². The van der Waals surface area contributed by atoms with Crippen molar-refractivity contribution in [1.82, 2.24) is 15.0 Å². The Hall–Kier alpha value is -1.98. The molecule has 4 nitrogen and oxygen atoms in total. The summed E-state index contributed by atoms with van der Waals surface area (Å²) in [5.41, 5.74) is 3.82. The average Bonchev–Trinajstić information content (AvgIpc) is 3.02. The van der Waals surface area contributed by atoms with Crippen LogP contribution < -0.4 is 5.32 Å². The molecule has 104 valence electrons. The number of H-pyrrole nitrogens is 2. The first kappa shape index (κ1) is 12.7. The first-order chi connectivity index (χ1) is 10.2. The molecular formula is C15H10BrClN4. The van der Waals surface area contributed by atoms with E-state index >= 15 is 0 Å². The molecule has 0 fully saturated rings. The highest BCUT2D eigenvalue weighted by Crippen LogP contribution is 2.29. The Morgan fingerprint density at radius 3 is 2.90 bits per heavy atom. The maximum absolute atomic E-state index is 5.99. The van der Waals surface area contributed by atoms with E-state index in [9.17, 15) is 0 Å². The van der Waals surface area contributed by atoms with Crippen LogP contribution in [-0.2, 0) is 0 Å². The number of nitrogens with one attached hydrogen (secondary N) is 3. The van der Waals surface area contributed by atoms with Gasteiger partial charge in [-0.05, 0) is 36.4 Å². The fourth-order valence-electron chi connectivity index (χ4n) is 2.36. The lowest BCUT2D eigenvalue weighted by Crippen LogP contribution is -1.90. The molecule has 4 rings (SSSR count). The molecule has 4 aromatic rings. The van der Waals surface area contributed by atoms with Gasteiger partial charge in [-0.25, -0.2) is 4.98 Å². The van der Waals surface area contributed by atoms with Crippen LogP contribution >= 0.6 is 27.5 Å². The van der Waals surface area contributed by atoms with Crippen LogP contribution in [0.1, 0.15) is 0 Å². The summed E-state index contributed by atoms with van der Waals surface area (Å²) >= 11 is 9.48. The zero-order valence-corrected chi connectivity index (χ0v) is 13.1. The Morgan fingerprint density at radius 2 is 2.00 bits per heavy atom. The van der Waals surface area contributed by atoms with Crippen LogP contribution in [0.25, 0.3) is 21.9 Å². The van der Waals surface area contributed by atoms with Crippen LogP contribution in [0.2, 0.25) is 5.02 Å². The number of hydrogen-bond donors (Lipinski definition) is 3. The van der Waals surface area contributed by atoms with Crippen molar-refractivity contribution >= 4 is 61.1 Å². The number of nitrogens with zero attached hydrogens (tertiary/aromatic N) is 1. The SMILES string of the molecule is Clc1ccc2nc(Nc3c[nH]c4ccc(Br)cc34)[nH]c2c1. The Labute approximate surface area is 133 Å². The highest BCUT2D eigenvalue weighted by atomic mass is 79.9. The molecule has 0 saturated carbocycles. The van der Waals surface area contributed by atoms with Crippen molar-refractivity contribution < 1.29 is 0 Å². The van der Waals surface area contributed by atoms with E-state index in [1.807, 2.05) is 36.5 Å². The molecule has 0 aliphatic rings. The topological polar surface area (TPSA) is 56.5 Å². The minimum Gasteiger partial charge on any atom is -0.359 e. The molecule has 0 unspecified atom stereocenters. The number of benzene rings is 2. The normalized spacial score (nSPS) is 11.3. The highest BCUT2D eigenvalue weighted by molar-refractivity contribution is 9.10. The number of halogens is 2. The zero-order valence-electron chi connectivity index (χ0n) is 10.7. The van der Waals surface area contributed by atoms with Gasteiger partial charge in [0.25, 0.3) is 0 Å². The van der Waals surface area contributed by atoms with Gasteiger partial charge in [0.15, 0.2) is 0 Å². The van der Waals surface area contributed by atoms with Crippen molar-refractivity contribution in [3.05, 3.63) is 52.1 Å². The second-order valence-electron chi connectivity index (χ2n) is 4.76. The molecule has 0 aliphatic heterocycles. The first-order valence-corrected chi connectivity index (χ1v) is 7.55. The third-order valence-corrected chi connectivity index (χ3v) is 4.07. The van der Waals surface area contributed by atoms with Crippen LogP contribution in [0, 0.1) is 0 Å². The van der Waals surface area contributed by atoms with Crippen LogP contribution in [0.5, 0.6) is 0 Å². The Balaban J connectivity index is 1.77. The maximum atomic E-state index is 5.99. The van der Waals surface area contributed by atoms with Gasteiger partial charge in [-0.15, -0.1) is 0 Å². The molecule has 0 aliphatic carbocycles. The number of anilines is 2. The van der Waals surface area contributed by atoms with E-state index in [4.69, 9.17) is 11.6 Å². The summed E-state index contributed by atoms with van der Waals surface area (Å²) in [6.07, 6.45) is 1.93. The molecule has 0 saturated heterocycles. The number of aromatic nitrogens is 3. The molecule has 21 heavy (non-hydrogen) atoms. The molecule has 2 aromatic carbocycles. The smallest absolute Gasteiger partial charge is 0.205 e. The highest BCUT2D eigenvalue weighted by Gasteiger charge is 2.07. The van der Waals surface area contributed by atoms with Crippen molar-refractivity contribution in [2.75, 3.05) is 5.32 Å². The quantitative estimate of drug-likeness (QED) is 0.459. The molecule has 0 bridgehead atoms. The van der Waals surface area contributed by atoms with E-state index in [2.05, 4.69) is 42.3 Å². The fourth-order valence-corrected chi connectivity index (χ4v) is 2.90. The third-order valence-electron chi connectivity index (χ3n) is 3.34. The van der Waals surface area contributed by atoms with E-state index in [0.29, 0.717) is 11.0 Å². The predicted molar refractivity (Wildman–Crippen MR) is 90.4 cm³/mol. The molecule has 0 atom stereocenters. The lowest BCUT2D eigenvalue weighted by atomic mass is 10.2. The van der Waals surface area contributed by atoms with Gasteiger partial charge in [-0.2, -0.15) is 0 Å². The summed E-state index contributed by atoms with van der Waals surface area (Å²) < 4.78 is 1.04. The van der Waals surface area contributed by atoms with E-state index in [0.717, 1.165) is 32.1 Å². The van der Waals surface area contributed by atoms with Crippen molar-refractivity contribution in [3.8, 4) is 0 Å². The van der Waals surface area contributed by atoms with Crippen molar-refractivity contribution in [2.45, 2.75) is 0 Å². The molecule has 3 N–H and O–H groups in total. The largest absolute Gasteiger partial charge is 0.359 e. The summed E-state index contributed by atoms with van der Waals surface area (Å²) in [5, 5.41) is 5.09. The summed E-state index contributed by atoms with van der Waals surface area (Å²) in [6.45, 7) is 0. The number of aromatic amines is 2. The molecule has 2 aromatic heterocycles. The van der Waals surface area contributed by atoms with E-state index < -0.39 is 0 Å². The minimum atomic E-state index is 0.688.